The van der Waals surface area contributed by atoms with Gasteiger partial charge in [0.1, 0.15) is 17.2 Å². The maximum absolute atomic E-state index is 12.7. The first-order valence-corrected chi connectivity index (χ1v) is 11.8. The van der Waals surface area contributed by atoms with Crippen LogP contribution in [0.3, 0.4) is 0 Å². The van der Waals surface area contributed by atoms with Crippen LogP contribution in [0.1, 0.15) is 25.5 Å². The van der Waals surface area contributed by atoms with Crippen molar-refractivity contribution in [2.24, 2.45) is 7.05 Å². The van der Waals surface area contributed by atoms with Crippen molar-refractivity contribution in [3.63, 3.8) is 0 Å². The van der Waals surface area contributed by atoms with Crippen LogP contribution in [0, 0.1) is 0 Å². The molecule has 0 saturated carbocycles. The van der Waals surface area contributed by atoms with Crippen molar-refractivity contribution in [1.82, 2.24) is 14.9 Å². The standard InChI is InChI=1S/C21H24N4O5S/c1-13(26)24-19-8-14(5-6-22-19)18-11-25(2)21(27)17-9-16(30-20(17)18)10-23-15-4-3-7-31(28,29)12-15/h5-6,8-9,11,15,23H,3-4,7,10,12H2,1-2H3,(H,22,24,26). The predicted molar refractivity (Wildman–Crippen MR) is 118 cm³/mol. The number of sulfone groups is 1. The van der Waals surface area contributed by atoms with Gasteiger partial charge in [-0.2, -0.15) is 0 Å². The number of amides is 1. The Morgan fingerprint density at radius 1 is 1.35 bits per heavy atom. The van der Waals surface area contributed by atoms with Crippen molar-refractivity contribution in [1.29, 1.82) is 0 Å². The third kappa shape index (κ3) is 4.70. The number of aromatic nitrogens is 2. The van der Waals surface area contributed by atoms with Crippen LogP contribution in [0.5, 0.6) is 0 Å². The number of hydrogen-bond donors (Lipinski definition) is 2. The lowest BCUT2D eigenvalue weighted by molar-refractivity contribution is -0.114. The van der Waals surface area contributed by atoms with Crippen molar-refractivity contribution < 1.29 is 17.6 Å². The quantitative estimate of drug-likeness (QED) is 0.615. The number of carbonyl (C=O) groups is 1. The zero-order chi connectivity index (χ0) is 22.2. The summed E-state index contributed by atoms with van der Waals surface area (Å²) in [6.07, 6.45) is 4.69. The Hall–Kier alpha value is -2.98. The average molecular weight is 445 g/mol. The summed E-state index contributed by atoms with van der Waals surface area (Å²) in [7, 11) is -1.35. The normalized spacial score (nSPS) is 18.2. The minimum Gasteiger partial charge on any atom is -0.459 e. The molecule has 1 atom stereocenters. The molecule has 1 amide bonds. The second kappa shape index (κ2) is 8.27. The monoisotopic (exact) mass is 444 g/mol. The summed E-state index contributed by atoms with van der Waals surface area (Å²) in [5, 5.41) is 6.32. The van der Waals surface area contributed by atoms with Crippen LogP contribution in [-0.4, -0.2) is 41.4 Å². The van der Waals surface area contributed by atoms with Crippen LogP contribution in [0.4, 0.5) is 5.82 Å². The summed E-state index contributed by atoms with van der Waals surface area (Å²) in [6, 6.07) is 5.06. The van der Waals surface area contributed by atoms with Gasteiger partial charge in [0, 0.05) is 38.0 Å². The molecule has 31 heavy (non-hydrogen) atoms. The van der Waals surface area contributed by atoms with E-state index in [0.717, 1.165) is 12.0 Å². The van der Waals surface area contributed by atoms with Gasteiger partial charge in [0.15, 0.2) is 9.84 Å². The van der Waals surface area contributed by atoms with Gasteiger partial charge in [0.2, 0.25) is 5.91 Å². The second-order valence-electron chi connectivity index (χ2n) is 7.86. The van der Waals surface area contributed by atoms with Crippen molar-refractivity contribution in [2.75, 3.05) is 16.8 Å². The average Bonchev–Trinajstić information content (AvgIpc) is 3.13. The summed E-state index contributed by atoms with van der Waals surface area (Å²) in [6.45, 7) is 1.73. The molecule has 3 aromatic rings. The molecule has 1 saturated heterocycles. The largest absolute Gasteiger partial charge is 0.459 e. The maximum atomic E-state index is 12.7. The minimum absolute atomic E-state index is 0.114. The topological polar surface area (TPSA) is 123 Å². The molecule has 10 heteroatoms. The Morgan fingerprint density at radius 2 is 2.16 bits per heavy atom. The van der Waals surface area contributed by atoms with Crippen LogP contribution in [0.15, 0.2) is 39.8 Å². The zero-order valence-electron chi connectivity index (χ0n) is 17.3. The fourth-order valence-corrected chi connectivity index (χ4v) is 5.54. The fraction of sp³-hybridized carbons (Fsp3) is 0.381. The molecule has 0 aliphatic carbocycles. The van der Waals surface area contributed by atoms with E-state index in [1.165, 1.54) is 11.5 Å². The number of rotatable bonds is 5. The summed E-state index contributed by atoms with van der Waals surface area (Å²) < 4.78 is 31.2. The molecule has 1 aliphatic heterocycles. The van der Waals surface area contributed by atoms with Crippen molar-refractivity contribution in [3.8, 4) is 11.1 Å². The van der Waals surface area contributed by atoms with Gasteiger partial charge in [0.25, 0.3) is 5.56 Å². The van der Waals surface area contributed by atoms with Gasteiger partial charge >= 0.3 is 0 Å². The van der Waals surface area contributed by atoms with E-state index in [0.29, 0.717) is 41.1 Å². The number of hydrogen-bond acceptors (Lipinski definition) is 7. The molecule has 4 heterocycles. The number of aryl methyl sites for hydroxylation is 1. The number of pyridine rings is 2. The molecule has 2 N–H and O–H groups in total. The summed E-state index contributed by atoms with van der Waals surface area (Å²) in [5.74, 6) is 1.08. The van der Waals surface area contributed by atoms with E-state index in [1.54, 1.807) is 37.6 Å². The second-order valence-corrected chi connectivity index (χ2v) is 10.1. The highest BCUT2D eigenvalue weighted by atomic mass is 32.2. The lowest BCUT2D eigenvalue weighted by Gasteiger charge is -2.22. The predicted octanol–water partition coefficient (Wildman–Crippen LogP) is 1.82. The van der Waals surface area contributed by atoms with Gasteiger partial charge in [-0.15, -0.1) is 0 Å². The van der Waals surface area contributed by atoms with Crippen LogP contribution >= 0.6 is 0 Å². The number of furan rings is 1. The number of nitrogens with one attached hydrogen (secondary N) is 2. The Morgan fingerprint density at radius 3 is 2.90 bits per heavy atom. The SMILES string of the molecule is CC(=O)Nc1cc(-c2cn(C)c(=O)c3cc(CNC4CCCS(=O)(=O)C4)oc23)ccn1. The van der Waals surface area contributed by atoms with Crippen molar-refractivity contribution in [2.45, 2.75) is 32.4 Å². The molecule has 0 radical (unpaired) electrons. The molecule has 1 fully saturated rings. The molecule has 9 nitrogen and oxygen atoms in total. The van der Waals surface area contributed by atoms with Crippen LogP contribution in [0.25, 0.3) is 22.1 Å². The molecule has 1 aliphatic rings. The first-order chi connectivity index (χ1) is 14.7. The van der Waals surface area contributed by atoms with Crippen molar-refractivity contribution in [3.05, 3.63) is 46.7 Å². The Labute approximate surface area is 179 Å². The molecule has 0 bridgehead atoms. The summed E-state index contributed by atoms with van der Waals surface area (Å²) >= 11 is 0. The zero-order valence-corrected chi connectivity index (χ0v) is 18.2. The lowest BCUT2D eigenvalue weighted by atomic mass is 10.1. The molecular weight excluding hydrogens is 420 g/mol. The van der Waals surface area contributed by atoms with Gasteiger partial charge in [-0.05, 0) is 36.6 Å². The van der Waals surface area contributed by atoms with Gasteiger partial charge in [-0.3, -0.25) is 9.59 Å². The van der Waals surface area contributed by atoms with E-state index in [2.05, 4.69) is 15.6 Å². The Bertz CT molecular complexity index is 1310. The van der Waals surface area contributed by atoms with E-state index in [-0.39, 0.29) is 29.0 Å². The maximum Gasteiger partial charge on any atom is 0.261 e. The van der Waals surface area contributed by atoms with E-state index in [1.807, 2.05) is 0 Å². The number of anilines is 1. The Kier molecular flexibility index (Phi) is 5.67. The first-order valence-electron chi connectivity index (χ1n) is 10.0. The Balaban J connectivity index is 1.67. The van der Waals surface area contributed by atoms with E-state index >= 15 is 0 Å². The van der Waals surface area contributed by atoms with E-state index in [9.17, 15) is 18.0 Å². The third-order valence-electron chi connectivity index (χ3n) is 5.30. The molecule has 0 spiro atoms. The number of carbonyl (C=O) groups excluding carboxylic acids is 1. The fourth-order valence-electron chi connectivity index (χ4n) is 3.87. The number of fused-ring (bicyclic) bond motifs is 1. The summed E-state index contributed by atoms with van der Waals surface area (Å²) in [5.41, 5.74) is 1.69. The molecular formula is C21H24N4O5S. The molecule has 3 aromatic heterocycles. The molecule has 1 unspecified atom stereocenters. The first kappa shape index (κ1) is 21.3. The molecule has 164 valence electrons. The molecule has 0 aromatic carbocycles. The van der Waals surface area contributed by atoms with Crippen LogP contribution < -0.4 is 16.2 Å². The minimum atomic E-state index is -3.01. The van der Waals surface area contributed by atoms with Gasteiger partial charge in [0.05, 0.1) is 23.4 Å². The third-order valence-corrected chi connectivity index (χ3v) is 7.13. The molecule has 4 rings (SSSR count). The van der Waals surface area contributed by atoms with Crippen LogP contribution in [-0.2, 0) is 28.2 Å². The smallest absolute Gasteiger partial charge is 0.261 e. The highest BCUT2D eigenvalue weighted by Crippen LogP contribution is 2.30. The van der Waals surface area contributed by atoms with E-state index < -0.39 is 9.84 Å². The van der Waals surface area contributed by atoms with Gasteiger partial charge in [-0.1, -0.05) is 0 Å². The highest BCUT2D eigenvalue weighted by molar-refractivity contribution is 7.91. The van der Waals surface area contributed by atoms with Gasteiger partial charge < -0.3 is 19.6 Å². The lowest BCUT2D eigenvalue weighted by Crippen LogP contribution is -2.39. The van der Waals surface area contributed by atoms with Crippen LogP contribution in [0.2, 0.25) is 0 Å². The van der Waals surface area contributed by atoms with Gasteiger partial charge in [-0.25, -0.2) is 13.4 Å². The van der Waals surface area contributed by atoms with Crippen molar-refractivity contribution >= 4 is 32.5 Å². The summed E-state index contributed by atoms with van der Waals surface area (Å²) in [4.78, 5) is 28.2. The van der Waals surface area contributed by atoms with E-state index in [4.69, 9.17) is 4.42 Å². The highest BCUT2D eigenvalue weighted by Gasteiger charge is 2.24. The number of nitrogens with zero attached hydrogens (tertiary/aromatic N) is 2.